The van der Waals surface area contributed by atoms with E-state index >= 15 is 0 Å². The minimum Gasteiger partial charge on any atom is -0.356 e. The lowest BCUT2D eigenvalue weighted by molar-refractivity contribution is -0.122. The van der Waals surface area contributed by atoms with Gasteiger partial charge in [0, 0.05) is 36.1 Å². The molecule has 1 aromatic carbocycles. The first-order valence-corrected chi connectivity index (χ1v) is 11.2. The van der Waals surface area contributed by atoms with Crippen molar-refractivity contribution < 1.29 is 4.79 Å². The summed E-state index contributed by atoms with van der Waals surface area (Å²) in [7, 11) is 0. The summed E-state index contributed by atoms with van der Waals surface area (Å²) in [5.41, 5.74) is 3.45. The molecule has 0 atom stereocenters. The Morgan fingerprint density at radius 2 is 1.90 bits per heavy atom. The first-order chi connectivity index (χ1) is 14.0. The quantitative estimate of drug-likeness (QED) is 0.617. The Hall–Kier alpha value is -2.47. The molecule has 29 heavy (non-hydrogen) atoms. The summed E-state index contributed by atoms with van der Waals surface area (Å²) in [6.45, 7) is 10.8. The third-order valence-electron chi connectivity index (χ3n) is 6.08. The van der Waals surface area contributed by atoms with Crippen LogP contribution in [-0.2, 0) is 4.79 Å². The molecule has 2 aromatic heterocycles. The van der Waals surface area contributed by atoms with Gasteiger partial charge in [0.15, 0.2) is 0 Å². The molecule has 0 unspecified atom stereocenters. The molecule has 1 amide bonds. The SMILES string of the molecule is CCN(C(=O)C1CCN(c2ncnc3sc(C)c(C)c23)CC1)c1ccccc1C. The van der Waals surface area contributed by atoms with E-state index in [0.717, 1.165) is 47.8 Å². The fourth-order valence-corrected chi connectivity index (χ4v) is 5.26. The van der Waals surface area contributed by atoms with Crippen LogP contribution in [0.25, 0.3) is 10.2 Å². The highest BCUT2D eigenvalue weighted by atomic mass is 32.1. The van der Waals surface area contributed by atoms with Gasteiger partial charge >= 0.3 is 0 Å². The maximum Gasteiger partial charge on any atom is 0.230 e. The van der Waals surface area contributed by atoms with Crippen molar-refractivity contribution in [1.29, 1.82) is 0 Å². The van der Waals surface area contributed by atoms with Crippen molar-refractivity contribution >= 4 is 39.0 Å². The Morgan fingerprint density at radius 3 is 2.59 bits per heavy atom. The molecule has 152 valence electrons. The Labute approximate surface area is 176 Å². The third-order valence-corrected chi connectivity index (χ3v) is 7.19. The number of anilines is 2. The lowest BCUT2D eigenvalue weighted by Gasteiger charge is -2.35. The molecule has 3 heterocycles. The van der Waals surface area contributed by atoms with Gasteiger partial charge in [-0.05, 0) is 57.7 Å². The van der Waals surface area contributed by atoms with E-state index in [1.54, 1.807) is 17.7 Å². The molecule has 4 rings (SSSR count). The number of hydrogen-bond acceptors (Lipinski definition) is 5. The van der Waals surface area contributed by atoms with Crippen molar-refractivity contribution in [3.63, 3.8) is 0 Å². The van der Waals surface area contributed by atoms with E-state index in [1.165, 1.54) is 15.8 Å². The number of aromatic nitrogens is 2. The molecule has 3 aromatic rings. The predicted octanol–water partition coefficient (Wildman–Crippen LogP) is 4.89. The Bertz CT molecular complexity index is 1040. The van der Waals surface area contributed by atoms with Crippen LogP contribution in [0.2, 0.25) is 0 Å². The first-order valence-electron chi connectivity index (χ1n) is 10.3. The van der Waals surface area contributed by atoms with Crippen LogP contribution in [0.4, 0.5) is 11.5 Å². The minimum absolute atomic E-state index is 0.0634. The van der Waals surface area contributed by atoms with Gasteiger partial charge < -0.3 is 9.80 Å². The molecule has 0 radical (unpaired) electrons. The van der Waals surface area contributed by atoms with Crippen LogP contribution in [0.5, 0.6) is 0 Å². The lowest BCUT2D eigenvalue weighted by Crippen LogP contribution is -2.43. The normalized spacial score (nSPS) is 15.1. The lowest BCUT2D eigenvalue weighted by atomic mass is 9.94. The molecule has 0 saturated carbocycles. The highest BCUT2D eigenvalue weighted by Gasteiger charge is 2.30. The smallest absolute Gasteiger partial charge is 0.230 e. The molecule has 1 fully saturated rings. The van der Waals surface area contributed by atoms with Crippen molar-refractivity contribution in [1.82, 2.24) is 9.97 Å². The van der Waals surface area contributed by atoms with Crippen LogP contribution < -0.4 is 9.80 Å². The van der Waals surface area contributed by atoms with Crippen molar-refractivity contribution in [2.75, 3.05) is 29.4 Å². The third kappa shape index (κ3) is 3.62. The zero-order valence-electron chi connectivity index (χ0n) is 17.6. The van der Waals surface area contributed by atoms with E-state index in [9.17, 15) is 4.79 Å². The van der Waals surface area contributed by atoms with Gasteiger partial charge in [-0.15, -0.1) is 11.3 Å². The summed E-state index contributed by atoms with van der Waals surface area (Å²) in [4.78, 5) is 29.0. The molecule has 1 saturated heterocycles. The first kappa shape index (κ1) is 19.8. The van der Waals surface area contributed by atoms with Crippen LogP contribution in [0.3, 0.4) is 0 Å². The van der Waals surface area contributed by atoms with Crippen molar-refractivity contribution in [2.24, 2.45) is 5.92 Å². The highest BCUT2D eigenvalue weighted by molar-refractivity contribution is 7.18. The van der Waals surface area contributed by atoms with E-state index in [-0.39, 0.29) is 11.8 Å². The molecular formula is C23H28N4OS. The Kier molecular flexibility index (Phi) is 5.54. The average molecular weight is 409 g/mol. The Balaban J connectivity index is 1.51. The molecule has 1 aliphatic rings. The number of fused-ring (bicyclic) bond motifs is 1. The number of carbonyl (C=O) groups is 1. The van der Waals surface area contributed by atoms with Crippen LogP contribution in [-0.4, -0.2) is 35.5 Å². The van der Waals surface area contributed by atoms with Crippen LogP contribution in [0.1, 0.15) is 35.8 Å². The molecule has 0 spiro atoms. The summed E-state index contributed by atoms with van der Waals surface area (Å²) >= 11 is 1.73. The number of rotatable bonds is 4. The Morgan fingerprint density at radius 1 is 1.17 bits per heavy atom. The zero-order valence-corrected chi connectivity index (χ0v) is 18.4. The molecule has 0 N–H and O–H groups in total. The van der Waals surface area contributed by atoms with Crippen molar-refractivity contribution in [2.45, 2.75) is 40.5 Å². The monoisotopic (exact) mass is 408 g/mol. The molecule has 0 aliphatic carbocycles. The van der Waals surface area contributed by atoms with Gasteiger partial charge in [0.05, 0.1) is 5.39 Å². The minimum atomic E-state index is 0.0634. The number of amides is 1. The maximum atomic E-state index is 13.3. The number of nitrogens with zero attached hydrogens (tertiary/aromatic N) is 4. The molecule has 5 nitrogen and oxygen atoms in total. The molecule has 0 bridgehead atoms. The fraction of sp³-hybridized carbons (Fsp3) is 0.435. The van der Waals surface area contributed by atoms with Gasteiger partial charge in [0.2, 0.25) is 5.91 Å². The van der Waals surface area contributed by atoms with E-state index in [2.05, 4.69) is 48.6 Å². The van der Waals surface area contributed by atoms with Gasteiger partial charge in [-0.25, -0.2) is 9.97 Å². The molecule has 1 aliphatic heterocycles. The highest BCUT2D eigenvalue weighted by Crippen LogP contribution is 2.36. The number of hydrogen-bond donors (Lipinski definition) is 0. The summed E-state index contributed by atoms with van der Waals surface area (Å²) in [5.74, 6) is 1.33. The largest absolute Gasteiger partial charge is 0.356 e. The summed E-state index contributed by atoms with van der Waals surface area (Å²) in [6, 6.07) is 8.14. The van der Waals surface area contributed by atoms with Crippen LogP contribution in [0.15, 0.2) is 30.6 Å². The van der Waals surface area contributed by atoms with Crippen LogP contribution >= 0.6 is 11.3 Å². The zero-order chi connectivity index (χ0) is 20.5. The average Bonchev–Trinajstić information content (AvgIpc) is 3.04. The number of aryl methyl sites for hydroxylation is 3. The second-order valence-electron chi connectivity index (χ2n) is 7.79. The standard InChI is InChI=1S/C23H28N4OS/c1-5-27(19-9-7-6-8-15(19)2)23(28)18-10-12-26(13-11-18)21-20-16(3)17(4)29-22(20)25-14-24-21/h6-9,14,18H,5,10-13H2,1-4H3. The van der Waals surface area contributed by atoms with E-state index < -0.39 is 0 Å². The maximum absolute atomic E-state index is 13.3. The number of piperidine rings is 1. The second-order valence-corrected chi connectivity index (χ2v) is 8.99. The fourth-order valence-electron chi connectivity index (χ4n) is 4.27. The number of benzene rings is 1. The summed E-state index contributed by atoms with van der Waals surface area (Å²) in [6.07, 6.45) is 3.38. The van der Waals surface area contributed by atoms with E-state index in [4.69, 9.17) is 0 Å². The number of carbonyl (C=O) groups excluding carboxylic acids is 1. The molecular weight excluding hydrogens is 380 g/mol. The van der Waals surface area contributed by atoms with Gasteiger partial charge in [-0.3, -0.25) is 4.79 Å². The number of para-hydroxylation sites is 1. The summed E-state index contributed by atoms with van der Waals surface area (Å²) < 4.78 is 0. The summed E-state index contributed by atoms with van der Waals surface area (Å²) in [5, 5.41) is 1.18. The van der Waals surface area contributed by atoms with Gasteiger partial charge in [-0.1, -0.05) is 18.2 Å². The van der Waals surface area contributed by atoms with E-state index in [1.807, 2.05) is 23.1 Å². The van der Waals surface area contributed by atoms with Gasteiger partial charge in [0.1, 0.15) is 17.0 Å². The van der Waals surface area contributed by atoms with Crippen molar-refractivity contribution in [3.05, 3.63) is 46.6 Å². The molecule has 6 heteroatoms. The topological polar surface area (TPSA) is 49.3 Å². The van der Waals surface area contributed by atoms with E-state index in [0.29, 0.717) is 6.54 Å². The number of thiophene rings is 1. The van der Waals surface area contributed by atoms with Gasteiger partial charge in [0.25, 0.3) is 0 Å². The van der Waals surface area contributed by atoms with Crippen LogP contribution in [0, 0.1) is 26.7 Å². The predicted molar refractivity (Wildman–Crippen MR) is 121 cm³/mol. The van der Waals surface area contributed by atoms with Gasteiger partial charge in [-0.2, -0.15) is 0 Å². The van der Waals surface area contributed by atoms with Crippen molar-refractivity contribution in [3.8, 4) is 0 Å². The second kappa shape index (κ2) is 8.11.